The Kier molecular flexibility index (Phi) is 8.48. The molecule has 0 saturated carbocycles. The number of anilines is 3. The van der Waals surface area contributed by atoms with Crippen molar-refractivity contribution >= 4 is 45.6 Å². The molecule has 1 amide bonds. The summed E-state index contributed by atoms with van der Waals surface area (Å²) in [6, 6.07) is 12.3. The number of benzene rings is 2. The van der Waals surface area contributed by atoms with E-state index in [0.29, 0.717) is 43.2 Å². The Hall–Kier alpha value is -4.41. The van der Waals surface area contributed by atoms with Gasteiger partial charge in [0.15, 0.2) is 5.65 Å². The van der Waals surface area contributed by atoms with Gasteiger partial charge >= 0.3 is 6.09 Å². The fourth-order valence-corrected chi connectivity index (χ4v) is 4.24. The minimum absolute atomic E-state index is 0.0529. The Morgan fingerprint density at radius 1 is 1.03 bits per heavy atom. The van der Waals surface area contributed by atoms with Crippen LogP contribution in [0.3, 0.4) is 0 Å². The fraction of sp³-hybridized carbons (Fsp3) is 0.393. The van der Waals surface area contributed by atoms with Crippen molar-refractivity contribution in [3.8, 4) is 5.75 Å². The zero-order chi connectivity index (χ0) is 28.0. The summed E-state index contributed by atoms with van der Waals surface area (Å²) in [5, 5.41) is 5.56. The molecule has 0 bridgehead atoms. The van der Waals surface area contributed by atoms with Crippen LogP contribution in [0, 0.1) is 0 Å². The molecule has 4 aromatic rings. The molecule has 0 atom stereocenters. The van der Waals surface area contributed by atoms with Crippen LogP contribution in [0.15, 0.2) is 42.6 Å². The lowest BCUT2D eigenvalue weighted by atomic mass is 10.0. The molecule has 0 aliphatic carbocycles. The summed E-state index contributed by atoms with van der Waals surface area (Å²) in [5.74, 6) is 1.58. The van der Waals surface area contributed by atoms with Gasteiger partial charge in [0.05, 0.1) is 18.5 Å². The van der Waals surface area contributed by atoms with E-state index >= 15 is 0 Å². The number of hydrogen-bond donors (Lipinski definition) is 3. The molecule has 0 spiro atoms. The van der Waals surface area contributed by atoms with Crippen LogP contribution in [-0.2, 0) is 11.3 Å². The number of carbonyl (C=O) groups is 1. The first-order valence-electron chi connectivity index (χ1n) is 13.1. The second-order valence-electron chi connectivity index (χ2n) is 10.1. The third-order valence-corrected chi connectivity index (χ3v) is 5.94. The minimum Gasteiger partial charge on any atom is -0.494 e. The lowest BCUT2D eigenvalue weighted by Gasteiger charge is -2.25. The van der Waals surface area contributed by atoms with E-state index in [1.54, 1.807) is 6.20 Å². The summed E-state index contributed by atoms with van der Waals surface area (Å²) in [6.45, 7) is 9.63. The Labute approximate surface area is 227 Å². The molecular formula is C28H36N8O3. The second kappa shape index (κ2) is 12.0. The first-order chi connectivity index (χ1) is 18.6. The monoisotopic (exact) mass is 532 g/mol. The van der Waals surface area contributed by atoms with Gasteiger partial charge in [-0.3, -0.25) is 0 Å². The normalized spacial score (nSPS) is 11.5. The standard InChI is InChI=1S/C28H36N8O3/c1-5-38-22-13-12-18-10-6-7-11-19(18)21(22)17-36(15-9-8-14-31-27(37)39-28(2,3)4)26-32-16-20-23(29)33-25(30)34-24(20)35-26/h6-7,10-13,16H,5,8-9,14-15,17H2,1-4H3,(H,31,37)(H4,29,30,32,33,34,35). The van der Waals surface area contributed by atoms with Gasteiger partial charge in [-0.1, -0.05) is 30.3 Å². The van der Waals surface area contributed by atoms with E-state index < -0.39 is 11.7 Å². The van der Waals surface area contributed by atoms with Gasteiger partial charge in [0.2, 0.25) is 11.9 Å². The average Bonchev–Trinajstić information content (AvgIpc) is 2.87. The van der Waals surface area contributed by atoms with E-state index in [9.17, 15) is 4.79 Å². The molecule has 0 fully saturated rings. The van der Waals surface area contributed by atoms with Gasteiger partial charge in [-0.25, -0.2) is 9.78 Å². The molecule has 11 nitrogen and oxygen atoms in total. The van der Waals surface area contributed by atoms with Crippen LogP contribution in [0.4, 0.5) is 22.5 Å². The van der Waals surface area contributed by atoms with E-state index in [4.69, 9.17) is 20.9 Å². The zero-order valence-electron chi connectivity index (χ0n) is 22.9. The number of alkyl carbamates (subject to hydrolysis) is 1. The van der Waals surface area contributed by atoms with E-state index in [0.717, 1.165) is 34.9 Å². The second-order valence-corrected chi connectivity index (χ2v) is 10.1. The third kappa shape index (κ3) is 7.13. The van der Waals surface area contributed by atoms with Crippen LogP contribution in [0.2, 0.25) is 0 Å². The summed E-state index contributed by atoms with van der Waals surface area (Å²) in [5.41, 5.74) is 12.7. The Morgan fingerprint density at radius 3 is 2.59 bits per heavy atom. The maximum absolute atomic E-state index is 12.0. The van der Waals surface area contributed by atoms with Crippen molar-refractivity contribution in [2.75, 3.05) is 36.1 Å². The average molecular weight is 533 g/mol. The van der Waals surface area contributed by atoms with Crippen molar-refractivity contribution < 1.29 is 14.3 Å². The van der Waals surface area contributed by atoms with Gasteiger partial charge in [0.1, 0.15) is 17.2 Å². The molecule has 4 rings (SSSR count). The molecule has 39 heavy (non-hydrogen) atoms. The van der Waals surface area contributed by atoms with Gasteiger partial charge in [-0.2, -0.15) is 15.0 Å². The molecule has 0 radical (unpaired) electrons. The molecule has 0 unspecified atom stereocenters. The molecule has 0 aliphatic rings. The van der Waals surface area contributed by atoms with Crippen LogP contribution in [0.5, 0.6) is 5.75 Å². The highest BCUT2D eigenvalue weighted by atomic mass is 16.6. The van der Waals surface area contributed by atoms with Crippen molar-refractivity contribution in [3.05, 3.63) is 48.2 Å². The number of ether oxygens (including phenoxy) is 2. The first-order valence-corrected chi connectivity index (χ1v) is 13.1. The lowest BCUT2D eigenvalue weighted by Crippen LogP contribution is -2.33. The first kappa shape index (κ1) is 27.6. The van der Waals surface area contributed by atoms with Crippen LogP contribution in [0.25, 0.3) is 21.8 Å². The molecule has 2 heterocycles. The number of carbonyl (C=O) groups excluding carboxylic acids is 1. The number of nitrogen functional groups attached to an aromatic ring is 2. The van der Waals surface area contributed by atoms with Gasteiger partial charge in [-0.05, 0) is 57.4 Å². The molecule has 0 saturated heterocycles. The lowest BCUT2D eigenvalue weighted by molar-refractivity contribution is 0.0527. The Morgan fingerprint density at radius 2 is 1.82 bits per heavy atom. The number of unbranched alkanes of at least 4 members (excludes halogenated alkanes) is 1. The van der Waals surface area contributed by atoms with Crippen molar-refractivity contribution in [1.29, 1.82) is 0 Å². The predicted molar refractivity (Wildman–Crippen MR) is 154 cm³/mol. The third-order valence-electron chi connectivity index (χ3n) is 5.94. The SMILES string of the molecule is CCOc1ccc2ccccc2c1CN(CCCCNC(=O)OC(C)(C)C)c1ncc2c(N)nc(N)nc2n1. The number of amides is 1. The zero-order valence-corrected chi connectivity index (χ0v) is 22.9. The smallest absolute Gasteiger partial charge is 0.407 e. The van der Waals surface area contributed by atoms with Crippen molar-refractivity contribution in [1.82, 2.24) is 25.3 Å². The summed E-state index contributed by atoms with van der Waals surface area (Å²) in [7, 11) is 0. The van der Waals surface area contributed by atoms with Crippen molar-refractivity contribution in [3.63, 3.8) is 0 Å². The van der Waals surface area contributed by atoms with Gasteiger partial charge < -0.3 is 31.2 Å². The number of nitrogens with zero attached hydrogens (tertiary/aromatic N) is 5. The highest BCUT2D eigenvalue weighted by Gasteiger charge is 2.19. The number of rotatable bonds is 10. The van der Waals surface area contributed by atoms with Gasteiger partial charge in [0.25, 0.3) is 0 Å². The Bertz CT molecular complexity index is 1450. The molecule has 5 N–H and O–H groups in total. The highest BCUT2D eigenvalue weighted by molar-refractivity contribution is 5.88. The van der Waals surface area contributed by atoms with Crippen LogP contribution in [-0.4, -0.2) is 51.3 Å². The number of hydrogen-bond acceptors (Lipinski definition) is 10. The predicted octanol–water partition coefficient (Wildman–Crippen LogP) is 4.45. The van der Waals surface area contributed by atoms with Crippen molar-refractivity contribution in [2.24, 2.45) is 0 Å². The molecule has 2 aromatic heterocycles. The number of aromatic nitrogens is 4. The van der Waals surface area contributed by atoms with Gasteiger partial charge in [0, 0.05) is 24.8 Å². The summed E-state index contributed by atoms with van der Waals surface area (Å²) >= 11 is 0. The van der Waals surface area contributed by atoms with Crippen LogP contribution in [0.1, 0.15) is 46.1 Å². The molecule has 11 heteroatoms. The molecule has 206 valence electrons. The summed E-state index contributed by atoms with van der Waals surface area (Å²) in [6.07, 6.45) is 2.69. The number of nitrogens with two attached hydrogens (primary N) is 2. The fourth-order valence-electron chi connectivity index (χ4n) is 4.24. The summed E-state index contributed by atoms with van der Waals surface area (Å²) in [4.78, 5) is 31.6. The molecular weight excluding hydrogens is 496 g/mol. The summed E-state index contributed by atoms with van der Waals surface area (Å²) < 4.78 is 11.3. The minimum atomic E-state index is -0.540. The quantitative estimate of drug-likeness (QED) is 0.250. The topological polar surface area (TPSA) is 154 Å². The maximum atomic E-state index is 12.0. The maximum Gasteiger partial charge on any atom is 0.407 e. The van der Waals surface area contributed by atoms with E-state index in [1.807, 2.05) is 45.9 Å². The molecule has 0 aliphatic heterocycles. The highest BCUT2D eigenvalue weighted by Crippen LogP contribution is 2.31. The van der Waals surface area contributed by atoms with Crippen LogP contribution >= 0.6 is 0 Å². The van der Waals surface area contributed by atoms with E-state index in [-0.39, 0.29) is 11.8 Å². The largest absolute Gasteiger partial charge is 0.494 e. The Balaban J connectivity index is 1.60. The van der Waals surface area contributed by atoms with Gasteiger partial charge in [-0.15, -0.1) is 0 Å². The number of nitrogens with one attached hydrogen (secondary N) is 1. The number of fused-ring (bicyclic) bond motifs is 2. The van der Waals surface area contributed by atoms with Crippen LogP contribution < -0.4 is 26.4 Å². The van der Waals surface area contributed by atoms with E-state index in [2.05, 4.69) is 48.4 Å². The van der Waals surface area contributed by atoms with Crippen molar-refractivity contribution in [2.45, 2.75) is 52.7 Å². The van der Waals surface area contributed by atoms with E-state index in [1.165, 1.54) is 0 Å². The molecule has 2 aromatic carbocycles.